The Morgan fingerprint density at radius 2 is 0.738 bits per heavy atom. The molecule has 23 heteroatoms. The molecule has 1 fully saturated rings. The highest BCUT2D eigenvalue weighted by Gasteiger charge is 2.47. The predicted molar refractivity (Wildman–Crippen MR) is 229 cm³/mol. The van der Waals surface area contributed by atoms with Gasteiger partial charge in [-0.1, -0.05) is 36.4 Å². The van der Waals surface area contributed by atoms with Gasteiger partial charge in [0.15, 0.2) is 0 Å². The summed E-state index contributed by atoms with van der Waals surface area (Å²) < 4.78 is 136. The predicted octanol–water partition coefficient (Wildman–Crippen LogP) is 1.17. The van der Waals surface area contributed by atoms with Crippen LogP contribution >= 0.6 is 0 Å². The standard InChI is InChI=1S/C42H31N5O14S4/c48-37-21-28(42(49)47(37)65(59,60)61)41-35-19-17-33(45-35)39(23-3-9-26(10-4-23)63(53,54)55)31-15-13-29(43-31)38(22-1-7-25(8-2-22)62(50,51)52)30-14-16-32(44-30)40(34-18-20-36(41)46-34)24-5-11-27(12-6-24)64(56,57)58/h1-20,28,43-46H,21H2,(H,50,51,52)(H,53,54,55)(H,56,57,58)(H,59,60,61). The normalized spacial score (nSPS) is 16.2. The number of hydrogen-bond donors (Lipinski definition) is 8. The lowest BCUT2D eigenvalue weighted by atomic mass is 9.94. The van der Waals surface area contributed by atoms with E-state index in [2.05, 4.69) is 19.9 Å². The maximum Gasteiger partial charge on any atom is 0.368 e. The van der Waals surface area contributed by atoms with Crippen molar-refractivity contribution in [3.63, 3.8) is 0 Å². The Kier molecular flexibility index (Phi) is 10.2. The fourth-order valence-corrected chi connectivity index (χ4v) is 10.2. The number of fused-ring (bicyclic) bond motifs is 8. The van der Waals surface area contributed by atoms with Gasteiger partial charge in [0, 0.05) is 72.9 Å². The number of imide groups is 1. The van der Waals surface area contributed by atoms with Crippen molar-refractivity contribution in [1.29, 1.82) is 0 Å². The maximum atomic E-state index is 13.8. The van der Waals surface area contributed by atoms with Crippen molar-refractivity contribution >= 4 is 74.8 Å². The molecule has 19 nitrogen and oxygen atoms in total. The molecule has 6 heterocycles. The summed E-state index contributed by atoms with van der Waals surface area (Å²) in [7, 11) is -19.1. The van der Waals surface area contributed by atoms with Crippen molar-refractivity contribution < 1.29 is 61.5 Å². The fourth-order valence-electron chi connectivity index (χ4n) is 8.12. The van der Waals surface area contributed by atoms with E-state index in [1.807, 2.05) is 0 Å². The number of nitrogens with one attached hydrogen (secondary N) is 4. The zero-order chi connectivity index (χ0) is 46.4. The lowest BCUT2D eigenvalue weighted by Crippen LogP contribution is -2.36. The van der Waals surface area contributed by atoms with Gasteiger partial charge in [-0.15, -0.1) is 0 Å². The van der Waals surface area contributed by atoms with Crippen LogP contribution in [-0.2, 0) is 50.2 Å². The van der Waals surface area contributed by atoms with Crippen LogP contribution in [0.25, 0.3) is 22.3 Å². The fraction of sp³-hybridized carbons (Fsp3) is 0.0476. The zero-order valence-corrected chi connectivity index (χ0v) is 36.0. The SMILES string of the molecule is O=C1CC(C2=c3ccc([nH]3)=C(c3ccc(S(=O)(=O)O)cc3)c3ccc([nH]3)C(c3ccc(S(=O)(=O)O)cc3)=c3ccc([nH]3)=C(c3ccc(S(=O)(=O)O)cc3)c3ccc2[nH]3)C(=O)N1S(=O)(=O)O. The molecular weight excluding hydrogens is 927 g/mol. The summed E-state index contributed by atoms with van der Waals surface area (Å²) in [5, 5.41) is 1.42. The average molecular weight is 958 g/mol. The van der Waals surface area contributed by atoms with Crippen molar-refractivity contribution in [1.82, 2.24) is 24.2 Å². The van der Waals surface area contributed by atoms with Crippen LogP contribution in [0.4, 0.5) is 0 Å². The number of amides is 2. The number of aromatic amines is 4. The van der Waals surface area contributed by atoms with Crippen LogP contribution in [0.2, 0.25) is 0 Å². The zero-order valence-electron chi connectivity index (χ0n) is 32.8. The highest BCUT2D eigenvalue weighted by molar-refractivity contribution is 7.86. The highest BCUT2D eigenvalue weighted by atomic mass is 32.2. The summed E-state index contributed by atoms with van der Waals surface area (Å²) in [5.74, 6) is -3.90. The minimum Gasteiger partial charge on any atom is -0.355 e. The Morgan fingerprint density at radius 3 is 1.08 bits per heavy atom. The lowest BCUT2D eigenvalue weighted by molar-refractivity contribution is -0.133. The molecule has 1 unspecified atom stereocenters. The van der Waals surface area contributed by atoms with Gasteiger partial charge in [0.05, 0.1) is 20.6 Å². The number of hydrogen-bond acceptors (Lipinski definition) is 10. The van der Waals surface area contributed by atoms with E-state index in [-0.39, 0.29) is 25.8 Å². The quantitative estimate of drug-likeness (QED) is 0.0784. The first-order chi connectivity index (χ1) is 30.6. The van der Waals surface area contributed by atoms with Gasteiger partial charge in [-0.05, 0) is 102 Å². The third-order valence-corrected chi connectivity index (χ3v) is 14.4. The van der Waals surface area contributed by atoms with E-state index in [1.54, 1.807) is 48.5 Å². The van der Waals surface area contributed by atoms with Gasteiger partial charge < -0.3 is 19.9 Å². The average Bonchev–Trinajstić information content (AvgIpc) is 4.09. The molecule has 2 aliphatic heterocycles. The van der Waals surface area contributed by atoms with Crippen LogP contribution in [-0.4, -0.2) is 87.9 Å². The summed E-state index contributed by atoms with van der Waals surface area (Å²) in [6, 6.07) is 29.2. The van der Waals surface area contributed by atoms with Gasteiger partial charge in [-0.3, -0.25) is 27.8 Å². The molecule has 8 N–H and O–H groups in total. The van der Waals surface area contributed by atoms with E-state index >= 15 is 0 Å². The van der Waals surface area contributed by atoms with Crippen molar-refractivity contribution in [2.45, 2.75) is 21.1 Å². The molecule has 1 atom stereocenters. The topological polar surface area (TPSA) is 318 Å². The number of H-pyrrole nitrogens is 4. The molecule has 4 aromatic heterocycles. The van der Waals surface area contributed by atoms with Gasteiger partial charge in [-0.25, -0.2) is 0 Å². The molecule has 65 heavy (non-hydrogen) atoms. The Balaban J connectivity index is 1.40. The molecule has 0 radical (unpaired) electrons. The van der Waals surface area contributed by atoms with Crippen LogP contribution in [0.5, 0.6) is 0 Å². The second-order valence-corrected chi connectivity index (χ2v) is 20.4. The minimum atomic E-state index is -5.32. The van der Waals surface area contributed by atoms with E-state index in [9.17, 15) is 61.5 Å². The number of carbonyl (C=O) groups is 2. The Bertz CT molecular complexity index is 3890. The molecule has 0 saturated carbocycles. The van der Waals surface area contributed by atoms with Crippen LogP contribution in [0.3, 0.4) is 0 Å². The first-order valence-corrected chi connectivity index (χ1v) is 24.6. The van der Waals surface area contributed by atoms with Gasteiger partial charge in [0.1, 0.15) is 0 Å². The molecule has 0 spiro atoms. The number of rotatable bonds is 8. The highest BCUT2D eigenvalue weighted by Crippen LogP contribution is 2.34. The van der Waals surface area contributed by atoms with Crippen molar-refractivity contribution in [2.24, 2.45) is 5.92 Å². The summed E-state index contributed by atoms with van der Waals surface area (Å²) in [6.45, 7) is 0. The van der Waals surface area contributed by atoms with Crippen molar-refractivity contribution in [3.8, 4) is 0 Å². The van der Waals surface area contributed by atoms with E-state index in [4.69, 9.17) is 0 Å². The molecule has 9 rings (SSSR count). The van der Waals surface area contributed by atoms with Crippen LogP contribution in [0.15, 0.2) is 136 Å². The maximum absolute atomic E-state index is 13.8. The largest absolute Gasteiger partial charge is 0.368 e. The third kappa shape index (κ3) is 7.99. The van der Waals surface area contributed by atoms with Gasteiger partial charge in [-0.2, -0.15) is 38.0 Å². The Morgan fingerprint density at radius 1 is 0.415 bits per heavy atom. The monoisotopic (exact) mass is 957 g/mol. The van der Waals surface area contributed by atoms with E-state index in [1.165, 1.54) is 72.8 Å². The molecule has 1 saturated heterocycles. The first-order valence-electron chi connectivity index (χ1n) is 18.9. The molecule has 332 valence electrons. The lowest BCUT2D eigenvalue weighted by Gasteiger charge is -2.14. The summed E-state index contributed by atoms with van der Waals surface area (Å²) in [6.07, 6.45) is -0.665. The van der Waals surface area contributed by atoms with Crippen molar-refractivity contribution in [2.75, 3.05) is 0 Å². The van der Waals surface area contributed by atoms with E-state index < -0.39 is 74.6 Å². The number of carbonyl (C=O) groups excluding carboxylic acids is 2. The minimum absolute atomic E-state index is 0.101. The summed E-state index contributed by atoms with van der Waals surface area (Å²) >= 11 is 0. The smallest absolute Gasteiger partial charge is 0.355 e. The number of benzene rings is 3. The van der Waals surface area contributed by atoms with Crippen LogP contribution < -0.4 is 21.4 Å². The molecule has 2 aliphatic rings. The van der Waals surface area contributed by atoms with Crippen LogP contribution in [0.1, 0.15) is 45.9 Å². The number of nitrogens with zero attached hydrogens (tertiary/aromatic N) is 1. The summed E-state index contributed by atoms with van der Waals surface area (Å²) in [5.41, 5.74) is 4.12. The third-order valence-electron chi connectivity index (χ3n) is 10.9. The first kappa shape index (κ1) is 43.3. The second-order valence-electron chi connectivity index (χ2n) is 14.9. The molecule has 0 aliphatic carbocycles. The van der Waals surface area contributed by atoms with E-state index in [0.29, 0.717) is 66.5 Å². The number of aromatic nitrogens is 4. The molecule has 3 aromatic carbocycles. The van der Waals surface area contributed by atoms with Crippen molar-refractivity contribution in [3.05, 3.63) is 182 Å². The van der Waals surface area contributed by atoms with E-state index in [0.717, 1.165) is 0 Å². The second kappa shape index (κ2) is 15.3. The van der Waals surface area contributed by atoms with Crippen LogP contribution in [0, 0.1) is 5.92 Å². The van der Waals surface area contributed by atoms with Gasteiger partial charge in [0.25, 0.3) is 36.3 Å². The Hall–Kier alpha value is -6.96. The van der Waals surface area contributed by atoms with Gasteiger partial charge in [0.2, 0.25) is 5.91 Å². The Labute approximate surface area is 367 Å². The summed E-state index contributed by atoms with van der Waals surface area (Å²) in [4.78, 5) is 39.1. The molecule has 8 bridgehead atoms. The molecular formula is C42H31N5O14S4. The molecule has 7 aromatic rings. The molecule has 2 amide bonds. The van der Waals surface area contributed by atoms with Gasteiger partial charge >= 0.3 is 10.3 Å².